The highest BCUT2D eigenvalue weighted by molar-refractivity contribution is 5.98. The van der Waals surface area contributed by atoms with Gasteiger partial charge in [0.1, 0.15) is 11.5 Å². The van der Waals surface area contributed by atoms with Crippen molar-refractivity contribution in [1.29, 1.82) is 0 Å². The first-order valence-corrected chi connectivity index (χ1v) is 16.2. The van der Waals surface area contributed by atoms with E-state index in [2.05, 4.69) is 61.7 Å². The molecule has 3 aliphatic rings. The number of benzene rings is 3. The molecule has 4 unspecified atom stereocenters. The molecule has 3 aromatic rings. The lowest BCUT2D eigenvalue weighted by atomic mass is 9.73. The van der Waals surface area contributed by atoms with Crippen LogP contribution in [-0.2, 0) is 0 Å². The minimum Gasteiger partial charge on any atom is -0.496 e. The monoisotopic (exact) mass is 597 g/mol. The van der Waals surface area contributed by atoms with E-state index in [0.29, 0.717) is 6.54 Å². The summed E-state index contributed by atoms with van der Waals surface area (Å²) in [5, 5.41) is 7.05. The number of Topliss-reactive ketones (excluding diaryl/α,β-unsaturated/α-hetero) is 1. The Balaban J connectivity index is 1.42. The van der Waals surface area contributed by atoms with E-state index >= 15 is 0 Å². The van der Waals surface area contributed by atoms with Gasteiger partial charge in [0.15, 0.2) is 5.78 Å². The lowest BCUT2D eigenvalue weighted by Crippen LogP contribution is -2.56. The van der Waals surface area contributed by atoms with Gasteiger partial charge in [-0.2, -0.15) is 0 Å². The fourth-order valence-corrected chi connectivity index (χ4v) is 7.69. The summed E-state index contributed by atoms with van der Waals surface area (Å²) in [6, 6.07) is 26.8. The molecule has 3 heterocycles. The van der Waals surface area contributed by atoms with Crippen molar-refractivity contribution in [2.45, 2.75) is 18.6 Å². The largest absolute Gasteiger partial charge is 0.496 e. The van der Waals surface area contributed by atoms with Crippen LogP contribution in [-0.4, -0.2) is 100 Å². The molecule has 3 saturated heterocycles. The number of nitrogens with zero attached hydrogens (tertiary/aromatic N) is 3. The Morgan fingerprint density at radius 1 is 0.682 bits per heavy atom. The first kappa shape index (κ1) is 30.7. The number of para-hydroxylation sites is 2. The molecule has 44 heavy (non-hydrogen) atoms. The number of carbonyl (C=O) groups excluding carboxylic acids is 1. The number of hydrogen-bond donors (Lipinski definition) is 2. The summed E-state index contributed by atoms with van der Waals surface area (Å²) in [5.74, 6) is 1.98. The fraction of sp³-hybridized carbons (Fsp3) is 0.472. The van der Waals surface area contributed by atoms with Crippen LogP contribution in [0.4, 0.5) is 0 Å². The topological polar surface area (TPSA) is 69.3 Å². The Hall–Kier alpha value is -3.27. The minimum absolute atomic E-state index is 0.0316. The van der Waals surface area contributed by atoms with Crippen LogP contribution in [0, 0.1) is 11.8 Å². The van der Waals surface area contributed by atoms with Crippen molar-refractivity contribution in [3.05, 3.63) is 95.6 Å². The van der Waals surface area contributed by atoms with Crippen LogP contribution < -0.4 is 20.1 Å². The Labute approximate surface area is 262 Å². The van der Waals surface area contributed by atoms with E-state index in [0.717, 1.165) is 82.4 Å². The van der Waals surface area contributed by atoms with Crippen LogP contribution in [0.1, 0.15) is 40.1 Å². The molecule has 0 aliphatic carbocycles. The van der Waals surface area contributed by atoms with Gasteiger partial charge in [0.25, 0.3) is 0 Å². The fourth-order valence-electron chi connectivity index (χ4n) is 7.69. The summed E-state index contributed by atoms with van der Waals surface area (Å²) in [7, 11) is 3.52. The van der Waals surface area contributed by atoms with Crippen molar-refractivity contribution < 1.29 is 14.3 Å². The molecule has 3 fully saturated rings. The average molecular weight is 598 g/mol. The van der Waals surface area contributed by atoms with Crippen LogP contribution in [0.5, 0.6) is 11.5 Å². The van der Waals surface area contributed by atoms with Gasteiger partial charge in [0, 0.05) is 94.1 Å². The molecule has 2 N–H and O–H groups in total. The summed E-state index contributed by atoms with van der Waals surface area (Å²) in [4.78, 5) is 22.4. The highest BCUT2D eigenvalue weighted by atomic mass is 16.5. The SMILES string of the molecule is COc1ccccc1C(C1CCN(C(c2ccccc2OC)N2CCNCC2)CC1C(=O)c1ccccc1)N1CCNCC1. The lowest BCUT2D eigenvalue weighted by molar-refractivity contribution is -0.0270. The number of methoxy groups -OCH3 is 2. The maximum Gasteiger partial charge on any atom is 0.167 e. The second kappa shape index (κ2) is 14.7. The number of likely N-dealkylation sites (tertiary alicyclic amines) is 1. The van der Waals surface area contributed by atoms with Crippen LogP contribution in [0.25, 0.3) is 0 Å². The molecule has 6 rings (SSSR count). The Bertz CT molecular complexity index is 1360. The van der Waals surface area contributed by atoms with Gasteiger partial charge in [-0.3, -0.25) is 19.5 Å². The molecular formula is C36H47N5O3. The predicted octanol–water partition coefficient (Wildman–Crippen LogP) is 4.08. The number of rotatable bonds is 10. The first-order valence-electron chi connectivity index (χ1n) is 16.2. The van der Waals surface area contributed by atoms with E-state index in [-0.39, 0.29) is 29.8 Å². The molecule has 3 aromatic carbocycles. The standard InChI is InChI=1S/C36H47N5O3/c1-43-32-14-8-6-12-29(32)34(39-22-17-37-18-23-39)28-16-21-41(26-31(28)35(42)27-10-4-3-5-11-27)36(40-24-19-38-20-25-40)30-13-7-9-15-33(30)44-2/h3-15,28,31,34,36-38H,16-26H2,1-2H3. The van der Waals surface area contributed by atoms with Crippen molar-refractivity contribution in [1.82, 2.24) is 25.3 Å². The van der Waals surface area contributed by atoms with Gasteiger partial charge >= 0.3 is 0 Å². The van der Waals surface area contributed by atoms with Crippen molar-refractivity contribution in [2.24, 2.45) is 11.8 Å². The zero-order chi connectivity index (χ0) is 30.3. The molecular weight excluding hydrogens is 550 g/mol. The molecule has 0 amide bonds. The Morgan fingerprint density at radius 2 is 1.23 bits per heavy atom. The number of nitrogens with one attached hydrogen (secondary N) is 2. The third-order valence-corrected chi connectivity index (χ3v) is 9.76. The lowest BCUT2D eigenvalue weighted by Gasteiger charge is -2.50. The zero-order valence-corrected chi connectivity index (χ0v) is 26.2. The molecule has 0 aromatic heterocycles. The van der Waals surface area contributed by atoms with E-state index in [9.17, 15) is 4.79 Å². The molecule has 234 valence electrons. The van der Waals surface area contributed by atoms with Gasteiger partial charge in [-0.1, -0.05) is 66.7 Å². The van der Waals surface area contributed by atoms with Crippen molar-refractivity contribution in [3.63, 3.8) is 0 Å². The molecule has 4 atom stereocenters. The number of piperidine rings is 1. The molecule has 0 radical (unpaired) electrons. The molecule has 3 aliphatic heterocycles. The minimum atomic E-state index is -0.184. The summed E-state index contributed by atoms with van der Waals surface area (Å²) in [5.41, 5.74) is 3.15. The first-order chi connectivity index (χ1) is 21.7. The normalized spacial score (nSPS) is 23.5. The van der Waals surface area contributed by atoms with Crippen molar-refractivity contribution in [3.8, 4) is 11.5 Å². The third-order valence-electron chi connectivity index (χ3n) is 9.76. The number of ether oxygens (including phenoxy) is 2. The highest BCUT2D eigenvalue weighted by Crippen LogP contribution is 2.45. The van der Waals surface area contributed by atoms with Crippen molar-refractivity contribution in [2.75, 3.05) is 79.7 Å². The third kappa shape index (κ3) is 6.55. The van der Waals surface area contributed by atoms with Gasteiger partial charge in [-0.05, 0) is 24.5 Å². The molecule has 0 spiro atoms. The number of piperazine rings is 2. The van der Waals surface area contributed by atoms with E-state index in [1.54, 1.807) is 14.2 Å². The number of hydrogen-bond acceptors (Lipinski definition) is 8. The maximum atomic E-state index is 14.7. The predicted molar refractivity (Wildman–Crippen MR) is 174 cm³/mol. The Morgan fingerprint density at radius 3 is 1.86 bits per heavy atom. The summed E-state index contributed by atoms with van der Waals surface area (Å²) in [6.45, 7) is 9.16. The smallest absolute Gasteiger partial charge is 0.167 e. The van der Waals surface area contributed by atoms with E-state index in [4.69, 9.17) is 9.47 Å². The Kier molecular flexibility index (Phi) is 10.3. The highest BCUT2D eigenvalue weighted by Gasteiger charge is 2.45. The summed E-state index contributed by atoms with van der Waals surface area (Å²) in [6.07, 6.45) is 0.942. The second-order valence-electron chi connectivity index (χ2n) is 12.2. The zero-order valence-electron chi connectivity index (χ0n) is 26.2. The van der Waals surface area contributed by atoms with Crippen molar-refractivity contribution >= 4 is 5.78 Å². The van der Waals surface area contributed by atoms with Crippen LogP contribution in [0.15, 0.2) is 78.9 Å². The van der Waals surface area contributed by atoms with E-state index in [1.807, 2.05) is 42.5 Å². The molecule has 8 heteroatoms. The molecule has 8 nitrogen and oxygen atoms in total. The second-order valence-corrected chi connectivity index (χ2v) is 12.2. The van der Waals surface area contributed by atoms with Gasteiger partial charge in [-0.15, -0.1) is 0 Å². The molecule has 0 bridgehead atoms. The van der Waals surface area contributed by atoms with Crippen LogP contribution >= 0.6 is 0 Å². The van der Waals surface area contributed by atoms with E-state index in [1.165, 1.54) is 11.1 Å². The van der Waals surface area contributed by atoms with Gasteiger partial charge < -0.3 is 20.1 Å². The van der Waals surface area contributed by atoms with E-state index < -0.39 is 0 Å². The van der Waals surface area contributed by atoms with Crippen LogP contribution in [0.2, 0.25) is 0 Å². The number of ketones is 1. The quantitative estimate of drug-likeness (QED) is 0.339. The summed E-state index contributed by atoms with van der Waals surface area (Å²) < 4.78 is 11.9. The summed E-state index contributed by atoms with van der Waals surface area (Å²) >= 11 is 0. The number of carbonyl (C=O) groups is 1. The maximum absolute atomic E-state index is 14.7. The molecule has 0 saturated carbocycles. The van der Waals surface area contributed by atoms with Crippen LogP contribution in [0.3, 0.4) is 0 Å². The van der Waals surface area contributed by atoms with Gasteiger partial charge in [-0.25, -0.2) is 0 Å². The average Bonchev–Trinajstić information content (AvgIpc) is 3.10. The van der Waals surface area contributed by atoms with Gasteiger partial charge in [0.2, 0.25) is 0 Å². The van der Waals surface area contributed by atoms with Gasteiger partial charge in [0.05, 0.1) is 20.4 Å².